The first-order valence-electron chi connectivity index (χ1n) is 8.60. The summed E-state index contributed by atoms with van der Waals surface area (Å²) in [5.41, 5.74) is 3.40. The lowest BCUT2D eigenvalue weighted by Gasteiger charge is -2.37. The molecule has 0 N–H and O–H groups in total. The van der Waals surface area contributed by atoms with Gasteiger partial charge in [-0.2, -0.15) is 0 Å². The third kappa shape index (κ3) is 2.97. The number of para-hydroxylation sites is 2. The van der Waals surface area contributed by atoms with Crippen LogP contribution in [0.3, 0.4) is 0 Å². The fraction of sp³-hybridized carbons (Fsp3) is 0.300. The van der Waals surface area contributed by atoms with Crippen molar-refractivity contribution in [1.82, 2.24) is 9.97 Å². The summed E-state index contributed by atoms with van der Waals surface area (Å²) in [5.74, 6) is 1.97. The highest BCUT2D eigenvalue weighted by atomic mass is 16.5. The van der Waals surface area contributed by atoms with Gasteiger partial charge in [-0.25, -0.2) is 9.97 Å². The van der Waals surface area contributed by atoms with Gasteiger partial charge in [-0.15, -0.1) is 0 Å². The molecule has 0 atom stereocenters. The van der Waals surface area contributed by atoms with E-state index in [4.69, 9.17) is 4.74 Å². The Morgan fingerprint density at radius 3 is 2.48 bits per heavy atom. The van der Waals surface area contributed by atoms with Gasteiger partial charge in [0.1, 0.15) is 17.9 Å². The van der Waals surface area contributed by atoms with E-state index in [0.717, 1.165) is 54.3 Å². The Morgan fingerprint density at radius 2 is 1.68 bits per heavy atom. The minimum atomic E-state index is 0.929. The number of aryl methyl sites for hydroxylation is 1. The molecule has 0 bridgehead atoms. The predicted molar refractivity (Wildman–Crippen MR) is 102 cm³/mol. The zero-order chi connectivity index (χ0) is 17.2. The molecular formula is C20H22N4O. The van der Waals surface area contributed by atoms with Crippen LogP contribution >= 0.6 is 0 Å². The number of piperazine rings is 1. The van der Waals surface area contributed by atoms with Crippen LogP contribution in [0.5, 0.6) is 5.75 Å². The maximum atomic E-state index is 5.50. The number of ether oxygens (including phenoxy) is 1. The number of rotatable bonds is 3. The third-order valence-corrected chi connectivity index (χ3v) is 4.77. The number of benzene rings is 2. The minimum absolute atomic E-state index is 0.929. The highest BCUT2D eigenvalue weighted by Crippen LogP contribution is 2.30. The molecule has 0 spiro atoms. The van der Waals surface area contributed by atoms with Gasteiger partial charge in [-0.1, -0.05) is 23.8 Å². The van der Waals surface area contributed by atoms with Crippen molar-refractivity contribution >= 4 is 22.4 Å². The Morgan fingerprint density at radius 1 is 0.920 bits per heavy atom. The van der Waals surface area contributed by atoms with Crippen molar-refractivity contribution in [3.8, 4) is 5.75 Å². The van der Waals surface area contributed by atoms with E-state index in [1.807, 2.05) is 12.1 Å². The van der Waals surface area contributed by atoms with Crippen LogP contribution in [-0.2, 0) is 0 Å². The molecule has 0 saturated carbocycles. The van der Waals surface area contributed by atoms with Gasteiger partial charge >= 0.3 is 0 Å². The molecule has 1 aromatic heterocycles. The molecule has 0 unspecified atom stereocenters. The van der Waals surface area contributed by atoms with Crippen LogP contribution < -0.4 is 14.5 Å². The quantitative estimate of drug-likeness (QED) is 0.735. The summed E-state index contributed by atoms with van der Waals surface area (Å²) in [4.78, 5) is 13.7. The van der Waals surface area contributed by atoms with Crippen LogP contribution in [0.2, 0.25) is 0 Å². The molecule has 1 aliphatic heterocycles. The zero-order valence-corrected chi connectivity index (χ0v) is 14.6. The van der Waals surface area contributed by atoms with Gasteiger partial charge < -0.3 is 14.5 Å². The summed E-state index contributed by atoms with van der Waals surface area (Å²) >= 11 is 0. The number of hydrogen-bond acceptors (Lipinski definition) is 5. The van der Waals surface area contributed by atoms with Gasteiger partial charge in [-0.05, 0) is 31.2 Å². The molecule has 5 nitrogen and oxygen atoms in total. The molecule has 2 aromatic carbocycles. The van der Waals surface area contributed by atoms with Crippen LogP contribution in [0.4, 0.5) is 11.5 Å². The highest BCUT2D eigenvalue weighted by molar-refractivity contribution is 5.90. The molecule has 5 heteroatoms. The summed E-state index contributed by atoms with van der Waals surface area (Å²) in [7, 11) is 1.73. The second-order valence-electron chi connectivity index (χ2n) is 6.36. The maximum Gasteiger partial charge on any atom is 0.142 e. The first-order valence-corrected chi connectivity index (χ1v) is 8.60. The number of anilines is 2. The van der Waals surface area contributed by atoms with E-state index in [1.54, 1.807) is 13.4 Å². The Labute approximate surface area is 147 Å². The van der Waals surface area contributed by atoms with Crippen molar-refractivity contribution in [2.24, 2.45) is 0 Å². The minimum Gasteiger partial charge on any atom is -0.495 e. The Kier molecular flexibility index (Phi) is 4.14. The smallest absolute Gasteiger partial charge is 0.142 e. The zero-order valence-electron chi connectivity index (χ0n) is 14.6. The largest absolute Gasteiger partial charge is 0.495 e. The van der Waals surface area contributed by atoms with Gasteiger partial charge in [-0.3, -0.25) is 0 Å². The van der Waals surface area contributed by atoms with E-state index in [0.29, 0.717) is 0 Å². The van der Waals surface area contributed by atoms with Crippen molar-refractivity contribution in [3.63, 3.8) is 0 Å². The monoisotopic (exact) mass is 334 g/mol. The van der Waals surface area contributed by atoms with Crippen LogP contribution in [-0.4, -0.2) is 43.3 Å². The Bertz CT molecular complexity index is 888. The second-order valence-corrected chi connectivity index (χ2v) is 6.36. The summed E-state index contributed by atoms with van der Waals surface area (Å²) in [6.45, 7) is 5.85. The van der Waals surface area contributed by atoms with E-state index >= 15 is 0 Å². The SMILES string of the molecule is COc1ccccc1N1CCN(c2ncnc3ccc(C)cc23)CC1. The van der Waals surface area contributed by atoms with E-state index in [9.17, 15) is 0 Å². The first-order chi connectivity index (χ1) is 12.3. The van der Waals surface area contributed by atoms with Crippen molar-refractivity contribution in [2.45, 2.75) is 6.92 Å². The summed E-state index contributed by atoms with van der Waals surface area (Å²) in [6, 6.07) is 14.6. The molecule has 1 saturated heterocycles. The van der Waals surface area contributed by atoms with E-state index in [1.165, 1.54) is 5.56 Å². The van der Waals surface area contributed by atoms with Gasteiger partial charge in [0.05, 0.1) is 18.3 Å². The third-order valence-electron chi connectivity index (χ3n) is 4.77. The van der Waals surface area contributed by atoms with Gasteiger partial charge in [0, 0.05) is 31.6 Å². The highest BCUT2D eigenvalue weighted by Gasteiger charge is 2.21. The van der Waals surface area contributed by atoms with Crippen LogP contribution in [0.1, 0.15) is 5.56 Å². The van der Waals surface area contributed by atoms with Crippen molar-refractivity contribution in [1.29, 1.82) is 0 Å². The normalized spacial score (nSPS) is 14.8. The standard InChI is InChI=1S/C20H22N4O/c1-15-7-8-17-16(13-15)20(22-14-21-17)24-11-9-23(10-12-24)18-5-3-4-6-19(18)25-2/h3-8,13-14H,9-12H2,1-2H3. The summed E-state index contributed by atoms with van der Waals surface area (Å²) < 4.78 is 5.50. The number of hydrogen-bond donors (Lipinski definition) is 0. The van der Waals surface area contributed by atoms with E-state index in [2.05, 4.69) is 57.0 Å². The Hall–Kier alpha value is -2.82. The molecule has 128 valence electrons. The van der Waals surface area contributed by atoms with Crippen LogP contribution in [0, 0.1) is 6.92 Å². The van der Waals surface area contributed by atoms with Crippen molar-refractivity contribution in [3.05, 3.63) is 54.4 Å². The lowest BCUT2D eigenvalue weighted by atomic mass is 10.1. The Balaban J connectivity index is 1.57. The fourth-order valence-electron chi connectivity index (χ4n) is 3.46. The first kappa shape index (κ1) is 15.7. The summed E-state index contributed by atoms with van der Waals surface area (Å²) in [6.07, 6.45) is 1.67. The lowest BCUT2D eigenvalue weighted by molar-refractivity contribution is 0.413. The molecule has 0 aliphatic carbocycles. The van der Waals surface area contributed by atoms with E-state index in [-0.39, 0.29) is 0 Å². The molecule has 1 aliphatic rings. The second kappa shape index (κ2) is 6.59. The number of methoxy groups -OCH3 is 1. The molecule has 4 rings (SSSR count). The average molecular weight is 334 g/mol. The predicted octanol–water partition coefficient (Wildman–Crippen LogP) is 3.27. The lowest BCUT2D eigenvalue weighted by Crippen LogP contribution is -2.47. The topological polar surface area (TPSA) is 41.5 Å². The average Bonchev–Trinajstić information content (AvgIpc) is 2.67. The molecule has 3 aromatic rings. The molecule has 25 heavy (non-hydrogen) atoms. The summed E-state index contributed by atoms with van der Waals surface area (Å²) in [5, 5.41) is 1.13. The van der Waals surface area contributed by atoms with Gasteiger partial charge in [0.15, 0.2) is 0 Å². The van der Waals surface area contributed by atoms with Crippen LogP contribution in [0.15, 0.2) is 48.8 Å². The molecular weight excluding hydrogens is 312 g/mol. The van der Waals surface area contributed by atoms with Gasteiger partial charge in [0.2, 0.25) is 0 Å². The van der Waals surface area contributed by atoms with Crippen molar-refractivity contribution in [2.75, 3.05) is 43.1 Å². The number of fused-ring (bicyclic) bond motifs is 1. The molecule has 1 fully saturated rings. The number of aromatic nitrogens is 2. The van der Waals surface area contributed by atoms with Crippen molar-refractivity contribution < 1.29 is 4.74 Å². The maximum absolute atomic E-state index is 5.50. The molecule has 0 amide bonds. The number of nitrogens with zero attached hydrogens (tertiary/aromatic N) is 4. The van der Waals surface area contributed by atoms with E-state index < -0.39 is 0 Å². The fourth-order valence-corrected chi connectivity index (χ4v) is 3.46. The van der Waals surface area contributed by atoms with Gasteiger partial charge in [0.25, 0.3) is 0 Å². The molecule has 2 heterocycles. The van der Waals surface area contributed by atoms with Crippen LogP contribution in [0.25, 0.3) is 10.9 Å². The molecule has 0 radical (unpaired) electrons.